The van der Waals surface area contributed by atoms with Crippen molar-refractivity contribution in [1.29, 1.82) is 0 Å². The maximum absolute atomic E-state index is 12.6. The van der Waals surface area contributed by atoms with Crippen molar-refractivity contribution >= 4 is 33.2 Å². The molecule has 24 heavy (non-hydrogen) atoms. The Morgan fingerprint density at radius 2 is 1.88 bits per heavy atom. The van der Waals surface area contributed by atoms with Crippen LogP contribution in [0.1, 0.15) is 15.9 Å². The van der Waals surface area contributed by atoms with Crippen LogP contribution >= 0.6 is 15.9 Å². The van der Waals surface area contributed by atoms with Crippen molar-refractivity contribution in [2.45, 2.75) is 6.92 Å². The van der Waals surface area contributed by atoms with E-state index >= 15 is 0 Å². The van der Waals surface area contributed by atoms with E-state index in [1.54, 1.807) is 12.4 Å². The topological polar surface area (TPSA) is 48.5 Å². The van der Waals surface area contributed by atoms with E-state index in [1.807, 2.05) is 36.1 Å². The number of aryl methyl sites for hydroxylation is 1. The molecular weight excluding hydrogens is 368 g/mol. The molecule has 3 rings (SSSR count). The SMILES string of the molecule is Cc1ccc(Nc2cncc(C(=O)N3CCN(C)CC3)c2)cc1Br. The quantitative estimate of drug-likeness (QED) is 0.876. The van der Waals surface area contributed by atoms with Gasteiger partial charge in [0.15, 0.2) is 0 Å². The number of likely N-dealkylation sites (N-methyl/N-ethyl adjacent to an activating group) is 1. The molecule has 0 aliphatic carbocycles. The lowest BCUT2D eigenvalue weighted by atomic mass is 10.2. The van der Waals surface area contributed by atoms with Crippen LogP contribution < -0.4 is 5.32 Å². The van der Waals surface area contributed by atoms with Gasteiger partial charge in [0.2, 0.25) is 0 Å². The Kier molecular flexibility index (Phi) is 5.16. The number of nitrogens with zero attached hydrogens (tertiary/aromatic N) is 3. The molecule has 1 aliphatic rings. The molecule has 2 heterocycles. The third-order valence-corrected chi connectivity index (χ3v) is 5.09. The van der Waals surface area contributed by atoms with Crippen molar-refractivity contribution in [3.05, 3.63) is 52.3 Å². The van der Waals surface area contributed by atoms with Gasteiger partial charge >= 0.3 is 0 Å². The molecule has 0 unspecified atom stereocenters. The van der Waals surface area contributed by atoms with Crippen LogP contribution in [0.15, 0.2) is 41.1 Å². The zero-order valence-corrected chi connectivity index (χ0v) is 15.5. The Labute approximate surface area is 150 Å². The van der Waals surface area contributed by atoms with Gasteiger partial charge in [-0.05, 0) is 37.7 Å². The van der Waals surface area contributed by atoms with E-state index in [2.05, 4.69) is 38.2 Å². The summed E-state index contributed by atoms with van der Waals surface area (Å²) in [5, 5.41) is 3.31. The second-order valence-corrected chi connectivity index (χ2v) is 7.00. The molecule has 1 N–H and O–H groups in total. The Morgan fingerprint density at radius 1 is 1.12 bits per heavy atom. The fourth-order valence-electron chi connectivity index (χ4n) is 2.65. The van der Waals surface area contributed by atoms with Crippen LogP contribution in [-0.2, 0) is 0 Å². The summed E-state index contributed by atoms with van der Waals surface area (Å²) in [6.45, 7) is 5.39. The van der Waals surface area contributed by atoms with Crippen LogP contribution in [-0.4, -0.2) is 53.9 Å². The number of carbonyl (C=O) groups is 1. The van der Waals surface area contributed by atoms with Gasteiger partial charge in [0.05, 0.1) is 17.4 Å². The molecular formula is C18H21BrN4O. The maximum atomic E-state index is 12.6. The highest BCUT2D eigenvalue weighted by atomic mass is 79.9. The molecule has 1 fully saturated rings. The second-order valence-electron chi connectivity index (χ2n) is 6.15. The zero-order chi connectivity index (χ0) is 17.1. The predicted molar refractivity (Wildman–Crippen MR) is 99.8 cm³/mol. The summed E-state index contributed by atoms with van der Waals surface area (Å²) in [4.78, 5) is 21.0. The molecule has 1 saturated heterocycles. The highest BCUT2D eigenvalue weighted by Crippen LogP contribution is 2.24. The molecule has 0 spiro atoms. The van der Waals surface area contributed by atoms with E-state index in [9.17, 15) is 4.79 Å². The number of rotatable bonds is 3. The monoisotopic (exact) mass is 388 g/mol. The largest absolute Gasteiger partial charge is 0.354 e. The molecule has 1 aliphatic heterocycles. The molecule has 0 atom stereocenters. The van der Waals surface area contributed by atoms with E-state index in [1.165, 1.54) is 5.56 Å². The smallest absolute Gasteiger partial charge is 0.255 e. The number of nitrogens with one attached hydrogen (secondary N) is 1. The number of aromatic nitrogens is 1. The second kappa shape index (κ2) is 7.32. The van der Waals surface area contributed by atoms with E-state index in [-0.39, 0.29) is 5.91 Å². The number of hydrogen-bond acceptors (Lipinski definition) is 4. The predicted octanol–water partition coefficient (Wildman–Crippen LogP) is 3.28. The van der Waals surface area contributed by atoms with Gasteiger partial charge in [0.25, 0.3) is 5.91 Å². The molecule has 1 aromatic carbocycles. The molecule has 0 bridgehead atoms. The van der Waals surface area contributed by atoms with Gasteiger partial charge in [-0.15, -0.1) is 0 Å². The van der Waals surface area contributed by atoms with E-state index in [4.69, 9.17) is 0 Å². The van der Waals surface area contributed by atoms with Crippen LogP contribution in [0.4, 0.5) is 11.4 Å². The Bertz CT molecular complexity index is 742. The minimum Gasteiger partial charge on any atom is -0.354 e. The van der Waals surface area contributed by atoms with Crippen molar-refractivity contribution in [3.63, 3.8) is 0 Å². The number of carbonyl (C=O) groups excluding carboxylic acids is 1. The van der Waals surface area contributed by atoms with Gasteiger partial charge < -0.3 is 15.1 Å². The zero-order valence-electron chi connectivity index (χ0n) is 13.9. The highest BCUT2D eigenvalue weighted by Gasteiger charge is 2.20. The van der Waals surface area contributed by atoms with Crippen LogP contribution in [0.2, 0.25) is 0 Å². The van der Waals surface area contributed by atoms with E-state index < -0.39 is 0 Å². The Hall–Kier alpha value is -1.92. The lowest BCUT2D eigenvalue weighted by Gasteiger charge is -2.32. The summed E-state index contributed by atoms with van der Waals surface area (Å²) in [6, 6.07) is 7.93. The minimum absolute atomic E-state index is 0.0457. The summed E-state index contributed by atoms with van der Waals surface area (Å²) in [6.07, 6.45) is 3.37. The standard InChI is InChI=1S/C18H21BrN4O/c1-13-3-4-15(10-17(13)19)21-16-9-14(11-20-12-16)18(24)23-7-5-22(2)6-8-23/h3-4,9-12,21H,5-8H2,1-2H3. The van der Waals surface area contributed by atoms with Gasteiger partial charge in [0.1, 0.15) is 0 Å². The molecule has 1 aromatic heterocycles. The molecule has 0 radical (unpaired) electrons. The lowest BCUT2D eigenvalue weighted by molar-refractivity contribution is 0.0663. The van der Waals surface area contributed by atoms with E-state index in [0.717, 1.165) is 42.0 Å². The van der Waals surface area contributed by atoms with Gasteiger partial charge in [-0.25, -0.2) is 0 Å². The third-order valence-electron chi connectivity index (χ3n) is 4.24. The maximum Gasteiger partial charge on any atom is 0.255 e. The first-order chi connectivity index (χ1) is 11.5. The average Bonchev–Trinajstić information content (AvgIpc) is 2.58. The summed E-state index contributed by atoms with van der Waals surface area (Å²) < 4.78 is 1.05. The average molecular weight is 389 g/mol. The number of pyridine rings is 1. The summed E-state index contributed by atoms with van der Waals surface area (Å²) in [5.74, 6) is 0.0457. The number of benzene rings is 1. The number of halogens is 1. The van der Waals surface area contributed by atoms with Crippen LogP contribution in [0.25, 0.3) is 0 Å². The first-order valence-corrected chi connectivity index (χ1v) is 8.78. The summed E-state index contributed by atoms with van der Waals surface area (Å²) >= 11 is 3.53. The molecule has 0 saturated carbocycles. The van der Waals surface area contributed by atoms with Gasteiger partial charge in [-0.1, -0.05) is 22.0 Å². The molecule has 126 valence electrons. The van der Waals surface area contributed by atoms with Crippen molar-refractivity contribution in [2.24, 2.45) is 0 Å². The number of anilines is 2. The number of hydrogen-bond donors (Lipinski definition) is 1. The fourth-order valence-corrected chi connectivity index (χ4v) is 3.03. The van der Waals surface area contributed by atoms with Gasteiger partial charge in [0, 0.05) is 42.5 Å². The van der Waals surface area contributed by atoms with Gasteiger partial charge in [-0.2, -0.15) is 0 Å². The number of amides is 1. The fraction of sp³-hybridized carbons (Fsp3) is 0.333. The van der Waals surface area contributed by atoms with Crippen LogP contribution in [0, 0.1) is 6.92 Å². The van der Waals surface area contributed by atoms with Crippen molar-refractivity contribution in [2.75, 3.05) is 38.5 Å². The third kappa shape index (κ3) is 3.94. The highest BCUT2D eigenvalue weighted by molar-refractivity contribution is 9.10. The van der Waals surface area contributed by atoms with Crippen molar-refractivity contribution < 1.29 is 4.79 Å². The van der Waals surface area contributed by atoms with Crippen molar-refractivity contribution in [3.8, 4) is 0 Å². The normalized spacial score (nSPS) is 15.4. The minimum atomic E-state index is 0.0457. The van der Waals surface area contributed by atoms with Crippen LogP contribution in [0.5, 0.6) is 0 Å². The Morgan fingerprint density at radius 3 is 2.58 bits per heavy atom. The van der Waals surface area contributed by atoms with Gasteiger partial charge in [-0.3, -0.25) is 9.78 Å². The first-order valence-electron chi connectivity index (χ1n) is 7.99. The molecule has 5 nitrogen and oxygen atoms in total. The molecule has 2 aromatic rings. The van der Waals surface area contributed by atoms with Crippen molar-refractivity contribution in [1.82, 2.24) is 14.8 Å². The van der Waals surface area contributed by atoms with Crippen LogP contribution in [0.3, 0.4) is 0 Å². The first kappa shape index (κ1) is 16.9. The number of piperazine rings is 1. The molecule has 1 amide bonds. The molecule has 6 heteroatoms. The summed E-state index contributed by atoms with van der Waals surface area (Å²) in [7, 11) is 2.08. The lowest BCUT2D eigenvalue weighted by Crippen LogP contribution is -2.47. The van der Waals surface area contributed by atoms with E-state index in [0.29, 0.717) is 5.56 Å². The summed E-state index contributed by atoms with van der Waals surface area (Å²) in [5.41, 5.74) is 3.57. The Balaban J connectivity index is 1.73.